The number of aliphatic carboxylic acids is 1. The zero-order valence-electron chi connectivity index (χ0n) is 15.1. The molecule has 1 aromatic rings. The van der Waals surface area contributed by atoms with Gasteiger partial charge in [-0.15, -0.1) is 0 Å². The molecular formula is C18H26N2O5S. The maximum Gasteiger partial charge on any atom is 0.303 e. The van der Waals surface area contributed by atoms with Crippen LogP contribution >= 0.6 is 0 Å². The number of hydrogen-bond acceptors (Lipinski definition) is 4. The van der Waals surface area contributed by atoms with Crippen LogP contribution in [0.4, 0.5) is 0 Å². The number of likely N-dealkylation sites (tertiary alicyclic amines) is 1. The Morgan fingerprint density at radius 1 is 1.27 bits per heavy atom. The molecule has 2 rings (SSSR count). The lowest BCUT2D eigenvalue weighted by Gasteiger charge is -2.32. The van der Waals surface area contributed by atoms with Crippen LogP contribution in [0, 0.1) is 5.92 Å². The van der Waals surface area contributed by atoms with Crippen molar-refractivity contribution in [2.45, 2.75) is 50.5 Å². The standard InChI is InChI=1S/C18H26N2O5S/c1-13(2)19-26(24,25)16-8-6-15(7-9-16)18(23)20-11-3-4-14(12-20)5-10-17(21)22/h6-9,13-14,19H,3-5,10-12H2,1-2H3,(H,21,22). The number of rotatable bonds is 7. The largest absolute Gasteiger partial charge is 0.481 e. The van der Waals surface area contributed by atoms with Crippen molar-refractivity contribution >= 4 is 21.9 Å². The highest BCUT2D eigenvalue weighted by atomic mass is 32.2. The summed E-state index contributed by atoms with van der Waals surface area (Å²) in [5.74, 6) is -0.773. The Balaban J connectivity index is 2.04. The topological polar surface area (TPSA) is 104 Å². The first-order chi connectivity index (χ1) is 12.2. The zero-order chi connectivity index (χ0) is 19.3. The second kappa shape index (κ2) is 8.64. The molecule has 1 aliphatic heterocycles. The summed E-state index contributed by atoms with van der Waals surface area (Å²) in [5, 5.41) is 8.81. The second-order valence-corrected chi connectivity index (χ2v) is 8.71. The van der Waals surface area contributed by atoms with Crippen molar-refractivity contribution in [3.63, 3.8) is 0 Å². The number of carboxylic acid groups (broad SMARTS) is 1. The molecule has 1 unspecified atom stereocenters. The number of hydrogen-bond donors (Lipinski definition) is 2. The Bertz CT molecular complexity index is 743. The number of amides is 1. The Morgan fingerprint density at radius 3 is 2.50 bits per heavy atom. The molecule has 0 bridgehead atoms. The van der Waals surface area contributed by atoms with Crippen molar-refractivity contribution in [3.8, 4) is 0 Å². The van der Waals surface area contributed by atoms with E-state index in [9.17, 15) is 18.0 Å². The molecule has 1 aromatic carbocycles. The van der Waals surface area contributed by atoms with E-state index >= 15 is 0 Å². The molecule has 0 saturated carbocycles. The van der Waals surface area contributed by atoms with Crippen LogP contribution in [-0.2, 0) is 14.8 Å². The Hall–Kier alpha value is -1.93. The van der Waals surface area contributed by atoms with Gasteiger partial charge in [0.1, 0.15) is 0 Å². The molecule has 7 nitrogen and oxygen atoms in total. The van der Waals surface area contributed by atoms with Gasteiger partial charge in [-0.1, -0.05) is 0 Å². The van der Waals surface area contributed by atoms with E-state index in [2.05, 4.69) is 4.72 Å². The van der Waals surface area contributed by atoms with Crippen molar-refractivity contribution in [3.05, 3.63) is 29.8 Å². The molecule has 144 valence electrons. The van der Waals surface area contributed by atoms with E-state index in [0.717, 1.165) is 12.8 Å². The number of nitrogens with zero attached hydrogens (tertiary/aromatic N) is 1. The van der Waals surface area contributed by atoms with Gasteiger partial charge in [0, 0.05) is 31.1 Å². The summed E-state index contributed by atoms with van der Waals surface area (Å²) >= 11 is 0. The highest BCUT2D eigenvalue weighted by molar-refractivity contribution is 7.89. The quantitative estimate of drug-likeness (QED) is 0.751. The van der Waals surface area contributed by atoms with E-state index in [1.165, 1.54) is 24.3 Å². The van der Waals surface area contributed by atoms with Crippen LogP contribution in [-0.4, -0.2) is 49.4 Å². The van der Waals surface area contributed by atoms with Gasteiger partial charge in [-0.3, -0.25) is 9.59 Å². The number of benzene rings is 1. The average molecular weight is 382 g/mol. The second-order valence-electron chi connectivity index (χ2n) is 6.99. The van der Waals surface area contributed by atoms with Gasteiger partial charge in [0.25, 0.3) is 5.91 Å². The fraction of sp³-hybridized carbons (Fsp3) is 0.556. The molecule has 1 saturated heterocycles. The molecule has 8 heteroatoms. The molecule has 1 atom stereocenters. The highest BCUT2D eigenvalue weighted by Gasteiger charge is 2.25. The fourth-order valence-corrected chi connectivity index (χ4v) is 4.40. The first kappa shape index (κ1) is 20.4. The molecule has 0 aliphatic carbocycles. The van der Waals surface area contributed by atoms with E-state index in [0.29, 0.717) is 25.1 Å². The van der Waals surface area contributed by atoms with E-state index in [4.69, 9.17) is 5.11 Å². The number of sulfonamides is 1. The fourth-order valence-electron chi connectivity index (χ4n) is 3.15. The number of nitrogens with one attached hydrogen (secondary N) is 1. The number of carbonyl (C=O) groups is 2. The van der Waals surface area contributed by atoms with Gasteiger partial charge in [-0.25, -0.2) is 13.1 Å². The van der Waals surface area contributed by atoms with Crippen LogP contribution in [0.2, 0.25) is 0 Å². The summed E-state index contributed by atoms with van der Waals surface area (Å²) in [6.07, 6.45) is 2.45. The van der Waals surface area contributed by atoms with E-state index in [1.807, 2.05) is 0 Å². The lowest BCUT2D eigenvalue weighted by Crippen LogP contribution is -2.40. The van der Waals surface area contributed by atoms with E-state index < -0.39 is 16.0 Å². The molecule has 0 aromatic heterocycles. The van der Waals surface area contributed by atoms with Gasteiger partial charge in [0.15, 0.2) is 0 Å². The normalized spacial score (nSPS) is 18.1. The summed E-state index contributed by atoms with van der Waals surface area (Å²) in [6.45, 7) is 4.66. The van der Waals surface area contributed by atoms with Crippen molar-refractivity contribution in [1.82, 2.24) is 9.62 Å². The average Bonchev–Trinajstić information content (AvgIpc) is 2.58. The summed E-state index contributed by atoms with van der Waals surface area (Å²) in [7, 11) is -3.58. The molecular weight excluding hydrogens is 356 g/mol. The van der Waals surface area contributed by atoms with Gasteiger partial charge in [0.2, 0.25) is 10.0 Å². The maximum atomic E-state index is 12.7. The monoisotopic (exact) mass is 382 g/mol. The summed E-state index contributed by atoms with van der Waals surface area (Å²) in [4.78, 5) is 25.2. The van der Waals surface area contributed by atoms with Crippen LogP contribution < -0.4 is 4.72 Å². The highest BCUT2D eigenvalue weighted by Crippen LogP contribution is 2.23. The maximum absolute atomic E-state index is 12.7. The van der Waals surface area contributed by atoms with Crippen LogP contribution in [0.25, 0.3) is 0 Å². The minimum atomic E-state index is -3.58. The van der Waals surface area contributed by atoms with Crippen molar-refractivity contribution in [2.24, 2.45) is 5.92 Å². The van der Waals surface area contributed by atoms with Crippen molar-refractivity contribution < 1.29 is 23.1 Å². The molecule has 1 fully saturated rings. The zero-order valence-corrected chi connectivity index (χ0v) is 16.0. The molecule has 2 N–H and O–H groups in total. The molecule has 26 heavy (non-hydrogen) atoms. The van der Waals surface area contributed by atoms with E-state index in [1.54, 1.807) is 18.7 Å². The summed E-state index contributed by atoms with van der Waals surface area (Å²) in [5.41, 5.74) is 0.437. The first-order valence-corrected chi connectivity index (χ1v) is 10.3. The predicted octanol–water partition coefficient (Wildman–Crippen LogP) is 2.09. The van der Waals surface area contributed by atoms with Gasteiger partial charge in [0.05, 0.1) is 4.90 Å². The minimum absolute atomic E-state index is 0.113. The lowest BCUT2D eigenvalue weighted by atomic mass is 9.93. The molecule has 0 spiro atoms. The van der Waals surface area contributed by atoms with Gasteiger partial charge in [-0.2, -0.15) is 0 Å². The number of piperidine rings is 1. The molecule has 1 aliphatic rings. The third-order valence-electron chi connectivity index (χ3n) is 4.38. The minimum Gasteiger partial charge on any atom is -0.481 e. The summed E-state index contributed by atoms with van der Waals surface area (Å²) < 4.78 is 26.8. The van der Waals surface area contributed by atoms with Crippen molar-refractivity contribution in [1.29, 1.82) is 0 Å². The van der Waals surface area contributed by atoms with Crippen LogP contribution in [0.15, 0.2) is 29.2 Å². The van der Waals surface area contributed by atoms with E-state index in [-0.39, 0.29) is 29.2 Å². The molecule has 0 radical (unpaired) electrons. The SMILES string of the molecule is CC(C)NS(=O)(=O)c1ccc(C(=O)N2CCCC(CCC(=O)O)C2)cc1. The Kier molecular flexibility index (Phi) is 6.77. The van der Waals surface area contributed by atoms with Gasteiger partial charge in [-0.05, 0) is 63.3 Å². The van der Waals surface area contributed by atoms with Gasteiger partial charge >= 0.3 is 5.97 Å². The van der Waals surface area contributed by atoms with Gasteiger partial charge < -0.3 is 10.0 Å². The van der Waals surface area contributed by atoms with Crippen LogP contribution in [0.3, 0.4) is 0 Å². The number of carbonyl (C=O) groups excluding carboxylic acids is 1. The Morgan fingerprint density at radius 2 is 1.92 bits per heavy atom. The smallest absolute Gasteiger partial charge is 0.303 e. The van der Waals surface area contributed by atoms with Crippen LogP contribution in [0.1, 0.15) is 49.9 Å². The predicted molar refractivity (Wildman–Crippen MR) is 97.4 cm³/mol. The molecule has 1 amide bonds. The number of carboxylic acids is 1. The lowest BCUT2D eigenvalue weighted by molar-refractivity contribution is -0.137. The molecule has 1 heterocycles. The third kappa shape index (κ3) is 5.54. The summed E-state index contributed by atoms with van der Waals surface area (Å²) in [6, 6.07) is 5.71. The first-order valence-electron chi connectivity index (χ1n) is 8.82. The van der Waals surface area contributed by atoms with Crippen molar-refractivity contribution in [2.75, 3.05) is 13.1 Å². The van der Waals surface area contributed by atoms with Crippen LogP contribution in [0.5, 0.6) is 0 Å². The Labute approximate surface area is 154 Å². The third-order valence-corrected chi connectivity index (χ3v) is 6.05.